The van der Waals surface area contributed by atoms with Gasteiger partial charge in [0.2, 0.25) is 0 Å². The highest BCUT2D eigenvalue weighted by Gasteiger charge is 1.98. The number of nitrogens with two attached hydrogens (primary N) is 3. The quantitative estimate of drug-likeness (QED) is 0.0902. The maximum atomic E-state index is 7.38. The van der Waals surface area contributed by atoms with Gasteiger partial charge in [-0.15, -0.1) is 0 Å². The minimum atomic E-state index is 0.0598. The van der Waals surface area contributed by atoms with E-state index in [1.807, 2.05) is 19.2 Å². The van der Waals surface area contributed by atoms with Crippen LogP contribution in [0.25, 0.3) is 0 Å². The number of nitrogens with zero attached hydrogens (tertiary/aromatic N) is 2. The van der Waals surface area contributed by atoms with Crippen LogP contribution in [0.1, 0.15) is 56.9 Å². The fourth-order valence-corrected chi connectivity index (χ4v) is 3.12. The second-order valence-corrected chi connectivity index (χ2v) is 8.11. The molecule has 0 aliphatic carbocycles. The number of hydrogen-bond acceptors (Lipinski definition) is 5. The summed E-state index contributed by atoms with van der Waals surface area (Å²) in [6, 6.07) is 7.24. The number of ether oxygens (including phenoxy) is 1. The number of rotatable bonds is 19. The average Bonchev–Trinajstić information content (AvgIpc) is 2.83. The molecule has 0 unspecified atom stereocenters. The molecule has 0 aromatic heterocycles. The van der Waals surface area contributed by atoms with E-state index in [0.29, 0.717) is 24.1 Å². The SMILES string of the molecule is CNCCNC(N)=NCCCCCCCCN=C(N)NCCCCOc1ccc(C(=N)N)cc1. The van der Waals surface area contributed by atoms with Crippen LogP contribution in [0, 0.1) is 5.41 Å². The predicted octanol–water partition coefficient (Wildman–Crippen LogP) is 1.50. The highest BCUT2D eigenvalue weighted by Crippen LogP contribution is 2.12. The molecule has 0 heterocycles. The van der Waals surface area contributed by atoms with Gasteiger partial charge >= 0.3 is 0 Å². The Hall–Kier alpha value is -3.01. The van der Waals surface area contributed by atoms with Gasteiger partial charge in [-0.3, -0.25) is 15.4 Å². The van der Waals surface area contributed by atoms with Crippen molar-refractivity contribution in [3.63, 3.8) is 0 Å². The lowest BCUT2D eigenvalue weighted by atomic mass is 10.1. The van der Waals surface area contributed by atoms with E-state index < -0.39 is 0 Å². The second kappa shape index (κ2) is 19.5. The van der Waals surface area contributed by atoms with E-state index in [4.69, 9.17) is 27.3 Å². The smallest absolute Gasteiger partial charge is 0.188 e. The topological polar surface area (TPSA) is 172 Å². The number of unbranched alkanes of at least 4 members (excludes halogenated alkanes) is 6. The molecule has 0 amide bonds. The highest BCUT2D eigenvalue weighted by atomic mass is 16.5. The Morgan fingerprint density at radius 1 is 0.765 bits per heavy atom. The Bertz CT molecular complexity index is 720. The van der Waals surface area contributed by atoms with E-state index in [1.165, 1.54) is 25.7 Å². The van der Waals surface area contributed by atoms with E-state index in [-0.39, 0.29) is 5.84 Å². The largest absolute Gasteiger partial charge is 0.494 e. The van der Waals surface area contributed by atoms with Crippen LogP contribution in [0.3, 0.4) is 0 Å². The summed E-state index contributed by atoms with van der Waals surface area (Å²) >= 11 is 0. The van der Waals surface area contributed by atoms with Crippen LogP contribution in [0.4, 0.5) is 0 Å². The van der Waals surface area contributed by atoms with Crippen LogP contribution >= 0.6 is 0 Å². The van der Waals surface area contributed by atoms with Crippen LogP contribution in [0.2, 0.25) is 0 Å². The third-order valence-electron chi connectivity index (χ3n) is 5.12. The Labute approximate surface area is 204 Å². The molecule has 0 fully saturated rings. The molecule has 1 aromatic carbocycles. The van der Waals surface area contributed by atoms with Gasteiger partial charge in [-0.1, -0.05) is 25.7 Å². The molecule has 1 rings (SSSR count). The lowest BCUT2D eigenvalue weighted by molar-refractivity contribution is 0.307. The van der Waals surface area contributed by atoms with Crippen molar-refractivity contribution in [2.75, 3.05) is 46.4 Å². The molecule has 0 bridgehead atoms. The zero-order valence-corrected chi connectivity index (χ0v) is 20.7. The molecular formula is C24H45N9O. The molecular weight excluding hydrogens is 430 g/mol. The number of nitrogens with one attached hydrogen (secondary N) is 4. The van der Waals surface area contributed by atoms with Gasteiger partial charge in [-0.25, -0.2) is 0 Å². The van der Waals surface area contributed by atoms with E-state index in [1.54, 1.807) is 12.1 Å². The number of nitrogen functional groups attached to an aromatic ring is 1. The van der Waals surface area contributed by atoms with Crippen LogP contribution in [-0.2, 0) is 0 Å². The molecule has 34 heavy (non-hydrogen) atoms. The number of likely N-dealkylation sites (N-methyl/N-ethyl adjacent to an activating group) is 1. The third-order valence-corrected chi connectivity index (χ3v) is 5.12. The fraction of sp³-hybridized carbons (Fsp3) is 0.625. The van der Waals surface area contributed by atoms with Crippen molar-refractivity contribution in [1.29, 1.82) is 5.41 Å². The molecule has 0 radical (unpaired) electrons. The Morgan fingerprint density at radius 3 is 1.88 bits per heavy atom. The minimum absolute atomic E-state index is 0.0598. The van der Waals surface area contributed by atoms with Crippen molar-refractivity contribution in [1.82, 2.24) is 16.0 Å². The summed E-state index contributed by atoms with van der Waals surface area (Å²) in [5, 5.41) is 16.7. The number of benzene rings is 1. The molecule has 0 aliphatic heterocycles. The van der Waals surface area contributed by atoms with Crippen LogP contribution in [-0.4, -0.2) is 64.1 Å². The third kappa shape index (κ3) is 15.7. The first-order valence-corrected chi connectivity index (χ1v) is 12.3. The van der Waals surface area contributed by atoms with Crippen molar-refractivity contribution in [2.24, 2.45) is 27.2 Å². The van der Waals surface area contributed by atoms with E-state index in [0.717, 1.165) is 64.2 Å². The van der Waals surface area contributed by atoms with Crippen molar-refractivity contribution in [3.8, 4) is 5.75 Å². The Morgan fingerprint density at radius 2 is 1.32 bits per heavy atom. The van der Waals surface area contributed by atoms with E-state index in [9.17, 15) is 0 Å². The first kappa shape index (κ1) is 29.0. The first-order chi connectivity index (χ1) is 16.5. The maximum absolute atomic E-state index is 7.38. The summed E-state index contributed by atoms with van der Waals surface area (Å²) in [7, 11) is 1.91. The van der Waals surface area contributed by atoms with Gasteiger partial charge < -0.3 is 37.9 Å². The monoisotopic (exact) mass is 475 g/mol. The van der Waals surface area contributed by atoms with Gasteiger partial charge in [0.05, 0.1) is 6.61 Å². The average molecular weight is 476 g/mol. The molecule has 1 aromatic rings. The Kier molecular flexibility index (Phi) is 16.6. The van der Waals surface area contributed by atoms with Crippen LogP contribution in [0.15, 0.2) is 34.3 Å². The zero-order chi connectivity index (χ0) is 24.9. The number of hydrogen-bond donors (Lipinski definition) is 7. The van der Waals surface area contributed by atoms with Gasteiger partial charge in [0, 0.05) is 38.3 Å². The van der Waals surface area contributed by atoms with E-state index >= 15 is 0 Å². The lowest BCUT2D eigenvalue weighted by Gasteiger charge is -2.08. The lowest BCUT2D eigenvalue weighted by Crippen LogP contribution is -2.36. The second-order valence-electron chi connectivity index (χ2n) is 8.11. The Balaban J connectivity index is 1.92. The molecule has 10 heteroatoms. The van der Waals surface area contributed by atoms with Gasteiger partial charge in [0.25, 0.3) is 0 Å². The number of amidine groups is 1. The van der Waals surface area contributed by atoms with Crippen LogP contribution < -0.4 is 37.9 Å². The normalized spacial score (nSPS) is 11.9. The molecule has 0 saturated heterocycles. The maximum Gasteiger partial charge on any atom is 0.188 e. The molecule has 10 nitrogen and oxygen atoms in total. The molecule has 192 valence electrons. The standard InChI is InChI=1S/C24H45N9O/c1-29-17-18-33-24(28)31-15-7-5-3-2-4-6-14-30-23(27)32-16-8-9-19-34-21-12-10-20(11-13-21)22(25)26/h10-13,29H,2-9,14-19H2,1H3,(H3,25,26)(H3,27,30,32)(H3,28,31,33). The minimum Gasteiger partial charge on any atom is -0.494 e. The van der Waals surface area contributed by atoms with E-state index in [2.05, 4.69) is 25.9 Å². The highest BCUT2D eigenvalue weighted by molar-refractivity contribution is 5.94. The van der Waals surface area contributed by atoms with Gasteiger partial charge in [-0.2, -0.15) is 0 Å². The van der Waals surface area contributed by atoms with Gasteiger partial charge in [0.15, 0.2) is 11.9 Å². The summed E-state index contributed by atoms with van der Waals surface area (Å²) in [6.45, 7) is 4.62. The van der Waals surface area contributed by atoms with Crippen molar-refractivity contribution < 1.29 is 4.74 Å². The first-order valence-electron chi connectivity index (χ1n) is 12.3. The number of guanidine groups is 2. The summed E-state index contributed by atoms with van der Waals surface area (Å²) in [6.07, 6.45) is 8.75. The predicted molar refractivity (Wildman–Crippen MR) is 143 cm³/mol. The summed E-state index contributed by atoms with van der Waals surface area (Å²) in [5.74, 6) is 1.89. The summed E-state index contributed by atoms with van der Waals surface area (Å²) < 4.78 is 5.69. The molecule has 0 spiro atoms. The van der Waals surface area contributed by atoms with Crippen molar-refractivity contribution in [2.45, 2.75) is 51.4 Å². The van der Waals surface area contributed by atoms with Gasteiger partial charge in [0.1, 0.15) is 11.6 Å². The molecule has 0 aliphatic rings. The van der Waals surface area contributed by atoms with Crippen molar-refractivity contribution >= 4 is 17.8 Å². The zero-order valence-electron chi connectivity index (χ0n) is 20.7. The molecule has 0 atom stereocenters. The fourth-order valence-electron chi connectivity index (χ4n) is 3.12. The number of aliphatic imine (C=N–C) groups is 2. The molecule has 10 N–H and O–H groups in total. The van der Waals surface area contributed by atoms with Crippen molar-refractivity contribution in [3.05, 3.63) is 29.8 Å². The molecule has 0 saturated carbocycles. The van der Waals surface area contributed by atoms with Crippen LogP contribution in [0.5, 0.6) is 5.75 Å². The summed E-state index contributed by atoms with van der Waals surface area (Å²) in [4.78, 5) is 8.72. The van der Waals surface area contributed by atoms with Gasteiger partial charge in [-0.05, 0) is 57.0 Å². The summed E-state index contributed by atoms with van der Waals surface area (Å²) in [5.41, 5.74) is 17.9.